The van der Waals surface area contributed by atoms with E-state index in [1.165, 1.54) is 0 Å². The number of ether oxygens (including phenoxy) is 2. The summed E-state index contributed by atoms with van der Waals surface area (Å²) < 4.78 is 10.6. The van der Waals surface area contributed by atoms with Crippen molar-refractivity contribution in [2.75, 3.05) is 49.4 Å². The van der Waals surface area contributed by atoms with Gasteiger partial charge in [-0.15, -0.1) is 0 Å². The van der Waals surface area contributed by atoms with Gasteiger partial charge in [-0.25, -0.2) is 9.59 Å². The molecule has 1 saturated heterocycles. The van der Waals surface area contributed by atoms with E-state index in [9.17, 15) is 14.7 Å². The number of likely N-dealkylation sites (tertiary alicyclic amines) is 1. The number of nitrogens with one attached hydrogen (secondary N) is 3. The predicted octanol–water partition coefficient (Wildman–Crippen LogP) is 5.14. The number of amides is 4. The number of benzene rings is 3. The highest BCUT2D eigenvalue weighted by Crippen LogP contribution is 2.31. The van der Waals surface area contributed by atoms with Gasteiger partial charge in [0.15, 0.2) is 0 Å². The van der Waals surface area contributed by atoms with Crippen LogP contribution in [0.5, 0.6) is 11.5 Å². The molecule has 0 saturated carbocycles. The topological polar surface area (TPSA) is 132 Å². The number of hydrogen-bond donors (Lipinski definition) is 5. The zero-order valence-electron chi connectivity index (χ0n) is 22.1. The molecule has 4 amide bonds. The zero-order valence-corrected chi connectivity index (χ0v) is 22.9. The molecule has 0 radical (unpaired) electrons. The van der Waals surface area contributed by atoms with Crippen LogP contribution in [0.25, 0.3) is 0 Å². The van der Waals surface area contributed by atoms with Crippen LogP contribution in [0, 0.1) is 0 Å². The molecule has 1 unspecified atom stereocenters. The van der Waals surface area contributed by atoms with Crippen molar-refractivity contribution >= 4 is 40.7 Å². The molecule has 1 aliphatic heterocycles. The number of carbonyl (C=O) groups excluding carboxylic acids is 2. The Labute approximate surface area is 237 Å². The van der Waals surface area contributed by atoms with Gasteiger partial charge in [0.05, 0.1) is 30.1 Å². The first-order valence-corrected chi connectivity index (χ1v) is 13.3. The van der Waals surface area contributed by atoms with Crippen LogP contribution in [0.1, 0.15) is 24.3 Å². The van der Waals surface area contributed by atoms with Gasteiger partial charge in [0.25, 0.3) is 0 Å². The average Bonchev–Trinajstić information content (AvgIpc) is 2.97. The summed E-state index contributed by atoms with van der Waals surface area (Å²) in [5, 5.41) is 27.1. The maximum absolute atomic E-state index is 12.8. The fourth-order valence-electron chi connectivity index (χ4n) is 4.41. The van der Waals surface area contributed by atoms with Crippen molar-refractivity contribution in [3.05, 3.63) is 77.3 Å². The number of carbonyl (C=O) groups is 2. The fraction of sp³-hybridized carbons (Fsp3) is 0.310. The summed E-state index contributed by atoms with van der Waals surface area (Å²) in [6.07, 6.45) is 0.636. The Morgan fingerprint density at radius 2 is 1.73 bits per heavy atom. The van der Waals surface area contributed by atoms with E-state index in [0.29, 0.717) is 52.6 Å². The first-order valence-electron chi connectivity index (χ1n) is 12.9. The van der Waals surface area contributed by atoms with E-state index in [4.69, 9.17) is 26.2 Å². The third kappa shape index (κ3) is 7.78. The number of nitrogens with zero attached hydrogens (tertiary/aromatic N) is 1. The Bertz CT molecular complexity index is 1300. The van der Waals surface area contributed by atoms with Gasteiger partial charge in [-0.05, 0) is 60.7 Å². The van der Waals surface area contributed by atoms with Crippen LogP contribution in [0.3, 0.4) is 0 Å². The second kappa shape index (κ2) is 13.9. The lowest BCUT2D eigenvalue weighted by atomic mass is 9.89. The van der Waals surface area contributed by atoms with Crippen LogP contribution in [0.2, 0.25) is 5.02 Å². The number of anilines is 3. The smallest absolute Gasteiger partial charge is 0.323 e. The number of aliphatic hydroxyl groups is 2. The van der Waals surface area contributed by atoms with E-state index in [-0.39, 0.29) is 18.7 Å². The van der Waals surface area contributed by atoms with Gasteiger partial charge in [0.2, 0.25) is 0 Å². The summed E-state index contributed by atoms with van der Waals surface area (Å²) in [4.78, 5) is 27.0. The lowest BCUT2D eigenvalue weighted by molar-refractivity contribution is 0.0536. The van der Waals surface area contributed by atoms with Crippen molar-refractivity contribution in [2.45, 2.75) is 24.9 Å². The minimum absolute atomic E-state index is 0.0635. The second-order valence-corrected chi connectivity index (χ2v) is 9.79. The molecule has 1 fully saturated rings. The number of urea groups is 2. The molecular weight excluding hydrogens is 536 g/mol. The molecular formula is C29H33ClN4O6. The highest BCUT2D eigenvalue weighted by molar-refractivity contribution is 6.33. The van der Waals surface area contributed by atoms with Crippen LogP contribution >= 0.6 is 11.6 Å². The summed E-state index contributed by atoms with van der Waals surface area (Å²) in [6, 6.07) is 19.2. The van der Waals surface area contributed by atoms with Gasteiger partial charge in [-0.2, -0.15) is 0 Å². The summed E-state index contributed by atoms with van der Waals surface area (Å²) in [7, 11) is 1.55. The number of para-hydroxylation sites is 2. The molecule has 3 aromatic carbocycles. The molecule has 0 bridgehead atoms. The molecule has 5 N–H and O–H groups in total. The van der Waals surface area contributed by atoms with Gasteiger partial charge in [-0.1, -0.05) is 35.9 Å². The molecule has 1 heterocycles. The lowest BCUT2D eigenvalue weighted by Crippen LogP contribution is -2.40. The van der Waals surface area contributed by atoms with Gasteiger partial charge >= 0.3 is 12.1 Å². The van der Waals surface area contributed by atoms with E-state index in [2.05, 4.69) is 16.0 Å². The standard InChI is InChI=1S/C29H33ClN4O6/c1-39-27-5-3-2-4-26(27)32-28(37)31-21-8-6-19(7-9-21)20-12-14-34(15-13-20)29(38)33-25-11-10-23(16-24(25)30)40-18-22(36)17-35/h2-11,16,20,22,35-36H,12-15,17-18H2,1H3,(H,33,38)(H2,31,32,37). The Morgan fingerprint density at radius 3 is 2.40 bits per heavy atom. The van der Waals surface area contributed by atoms with Crippen molar-refractivity contribution in [1.82, 2.24) is 4.90 Å². The first-order chi connectivity index (χ1) is 19.4. The van der Waals surface area contributed by atoms with E-state index in [1.807, 2.05) is 36.4 Å². The third-order valence-electron chi connectivity index (χ3n) is 6.61. The molecule has 1 atom stereocenters. The molecule has 0 aliphatic carbocycles. The second-order valence-electron chi connectivity index (χ2n) is 9.38. The number of halogens is 1. The summed E-state index contributed by atoms with van der Waals surface area (Å²) in [6.45, 7) is 0.725. The van der Waals surface area contributed by atoms with Crippen molar-refractivity contribution in [1.29, 1.82) is 0 Å². The number of methoxy groups -OCH3 is 1. The minimum Gasteiger partial charge on any atom is -0.495 e. The van der Waals surface area contributed by atoms with Crippen LogP contribution in [0.15, 0.2) is 66.7 Å². The minimum atomic E-state index is -0.979. The van der Waals surface area contributed by atoms with Gasteiger partial charge in [0.1, 0.15) is 24.2 Å². The van der Waals surface area contributed by atoms with E-state index in [0.717, 1.165) is 18.4 Å². The number of aliphatic hydroxyl groups excluding tert-OH is 2. The average molecular weight is 569 g/mol. The SMILES string of the molecule is COc1ccccc1NC(=O)Nc1ccc(C2CCN(C(=O)Nc3ccc(OCC(O)CO)cc3Cl)CC2)cc1. The van der Waals surface area contributed by atoms with Crippen LogP contribution in [0.4, 0.5) is 26.7 Å². The maximum atomic E-state index is 12.8. The van der Waals surface area contributed by atoms with E-state index < -0.39 is 12.7 Å². The molecule has 3 aromatic rings. The highest BCUT2D eigenvalue weighted by atomic mass is 35.5. The largest absolute Gasteiger partial charge is 0.495 e. The molecule has 40 heavy (non-hydrogen) atoms. The van der Waals surface area contributed by atoms with E-state index >= 15 is 0 Å². The monoisotopic (exact) mass is 568 g/mol. The maximum Gasteiger partial charge on any atom is 0.323 e. The summed E-state index contributed by atoms with van der Waals surface area (Å²) in [5.41, 5.74) is 2.87. The summed E-state index contributed by atoms with van der Waals surface area (Å²) in [5.74, 6) is 1.31. The molecule has 0 aromatic heterocycles. The number of rotatable bonds is 9. The predicted molar refractivity (Wildman–Crippen MR) is 155 cm³/mol. The Hall–Kier alpha value is -3.99. The van der Waals surface area contributed by atoms with Crippen molar-refractivity contribution in [3.8, 4) is 11.5 Å². The molecule has 212 valence electrons. The van der Waals surface area contributed by atoms with Gasteiger partial charge in [0, 0.05) is 24.8 Å². The Kier molecular flexibility index (Phi) is 10.1. The van der Waals surface area contributed by atoms with Gasteiger partial charge < -0.3 is 40.5 Å². The molecule has 11 heteroatoms. The number of hydrogen-bond acceptors (Lipinski definition) is 6. The highest BCUT2D eigenvalue weighted by Gasteiger charge is 2.24. The van der Waals surface area contributed by atoms with Crippen molar-refractivity contribution in [2.24, 2.45) is 0 Å². The van der Waals surface area contributed by atoms with Gasteiger partial charge in [-0.3, -0.25) is 0 Å². The van der Waals surface area contributed by atoms with Crippen molar-refractivity contribution < 1.29 is 29.3 Å². The van der Waals surface area contributed by atoms with Crippen LogP contribution in [-0.2, 0) is 0 Å². The van der Waals surface area contributed by atoms with Crippen LogP contribution in [-0.4, -0.2) is 66.7 Å². The molecule has 10 nitrogen and oxygen atoms in total. The summed E-state index contributed by atoms with van der Waals surface area (Å²) >= 11 is 6.30. The molecule has 0 spiro atoms. The quantitative estimate of drug-likeness (QED) is 0.243. The third-order valence-corrected chi connectivity index (χ3v) is 6.93. The fourth-order valence-corrected chi connectivity index (χ4v) is 4.63. The lowest BCUT2D eigenvalue weighted by Gasteiger charge is -2.32. The zero-order chi connectivity index (χ0) is 28.5. The number of piperidine rings is 1. The Morgan fingerprint density at radius 1 is 1.00 bits per heavy atom. The van der Waals surface area contributed by atoms with Crippen molar-refractivity contribution in [3.63, 3.8) is 0 Å². The Balaban J connectivity index is 1.24. The van der Waals surface area contributed by atoms with Crippen LogP contribution < -0.4 is 25.4 Å². The molecule has 1 aliphatic rings. The van der Waals surface area contributed by atoms with E-state index in [1.54, 1.807) is 42.3 Å². The molecule has 4 rings (SSSR count). The first kappa shape index (κ1) is 29.0. The normalized spacial score (nSPS) is 14.2.